The first-order valence-corrected chi connectivity index (χ1v) is 9.39. The lowest BCUT2D eigenvalue weighted by Crippen LogP contribution is -2.24. The number of aryl methyl sites for hydroxylation is 1. The van der Waals surface area contributed by atoms with E-state index in [-0.39, 0.29) is 12.2 Å². The summed E-state index contributed by atoms with van der Waals surface area (Å²) in [7, 11) is -3.63. The molecule has 142 valence electrons. The van der Waals surface area contributed by atoms with Crippen LogP contribution < -0.4 is 5.32 Å². The number of hydrogen-bond donors (Lipinski definition) is 1. The van der Waals surface area contributed by atoms with Gasteiger partial charge >= 0.3 is 5.51 Å². The van der Waals surface area contributed by atoms with Crippen molar-refractivity contribution in [3.05, 3.63) is 66.5 Å². The van der Waals surface area contributed by atoms with E-state index >= 15 is 0 Å². The van der Waals surface area contributed by atoms with Gasteiger partial charge in [-0.3, -0.25) is 4.68 Å². The maximum Gasteiger partial charge on any atom is 0.501 e. The van der Waals surface area contributed by atoms with E-state index in [4.69, 9.17) is 0 Å². The number of para-hydroxylation sites is 1. The lowest BCUT2D eigenvalue weighted by atomic mass is 10.1. The Morgan fingerprint density at radius 3 is 2.48 bits per heavy atom. The van der Waals surface area contributed by atoms with Crippen molar-refractivity contribution in [3.63, 3.8) is 0 Å². The fraction of sp³-hybridized carbons (Fsp3) is 0.167. The van der Waals surface area contributed by atoms with Gasteiger partial charge in [-0.1, -0.05) is 30.3 Å². The van der Waals surface area contributed by atoms with Gasteiger partial charge in [-0.05, 0) is 29.3 Å². The van der Waals surface area contributed by atoms with Crippen LogP contribution in [0.25, 0.3) is 11.1 Å². The molecule has 0 saturated carbocycles. The Morgan fingerprint density at radius 2 is 1.81 bits per heavy atom. The second-order valence-electron chi connectivity index (χ2n) is 5.90. The fourth-order valence-electron chi connectivity index (χ4n) is 2.60. The predicted octanol–water partition coefficient (Wildman–Crippen LogP) is 3.99. The molecule has 1 heterocycles. The van der Waals surface area contributed by atoms with E-state index < -0.39 is 20.2 Å². The standard InChI is InChI=1S/C18H16F3N3O2S/c1-24-12-15(11-23-24)14-6-4-5-13(9-14)10-22-16-7-2-3-8-17(16)27(25,26)18(19,20)21/h2-9,11-12,22H,10H2,1H3. The van der Waals surface area contributed by atoms with Gasteiger partial charge in [-0.2, -0.15) is 18.3 Å². The Bertz CT molecular complexity index is 1060. The number of alkyl halides is 3. The third-order valence-corrected chi connectivity index (χ3v) is 5.47. The topological polar surface area (TPSA) is 64.0 Å². The van der Waals surface area contributed by atoms with Crippen molar-refractivity contribution in [3.8, 4) is 11.1 Å². The maximum atomic E-state index is 12.9. The quantitative estimate of drug-likeness (QED) is 0.710. The molecule has 0 unspecified atom stereocenters. The van der Waals surface area contributed by atoms with Crippen LogP contribution in [0.1, 0.15) is 5.56 Å². The van der Waals surface area contributed by atoms with E-state index in [1.165, 1.54) is 18.2 Å². The van der Waals surface area contributed by atoms with E-state index in [1.807, 2.05) is 24.4 Å². The van der Waals surface area contributed by atoms with Crippen molar-refractivity contribution in [2.45, 2.75) is 16.9 Å². The first-order chi connectivity index (χ1) is 12.7. The summed E-state index contributed by atoms with van der Waals surface area (Å²) in [4.78, 5) is -0.791. The van der Waals surface area contributed by atoms with Gasteiger partial charge in [0.25, 0.3) is 9.84 Å². The average Bonchev–Trinajstić information content (AvgIpc) is 3.06. The molecule has 0 aliphatic rings. The summed E-state index contributed by atoms with van der Waals surface area (Å²) in [5.41, 5.74) is -2.86. The lowest BCUT2D eigenvalue weighted by molar-refractivity contribution is -0.0435. The molecule has 27 heavy (non-hydrogen) atoms. The van der Waals surface area contributed by atoms with Gasteiger partial charge in [-0.25, -0.2) is 8.42 Å². The molecule has 0 fully saturated rings. The zero-order valence-electron chi connectivity index (χ0n) is 14.2. The smallest absolute Gasteiger partial charge is 0.380 e. The summed E-state index contributed by atoms with van der Waals surface area (Å²) in [5, 5.41) is 6.90. The molecule has 0 spiro atoms. The summed E-state index contributed by atoms with van der Waals surface area (Å²) in [6.07, 6.45) is 3.55. The predicted molar refractivity (Wildman–Crippen MR) is 95.7 cm³/mol. The summed E-state index contributed by atoms with van der Waals surface area (Å²) in [5.74, 6) is 0. The van der Waals surface area contributed by atoms with E-state index in [0.717, 1.165) is 22.8 Å². The highest BCUT2D eigenvalue weighted by Gasteiger charge is 2.47. The third kappa shape index (κ3) is 3.97. The van der Waals surface area contributed by atoms with E-state index in [9.17, 15) is 21.6 Å². The Balaban J connectivity index is 1.85. The molecule has 0 atom stereocenters. The largest absolute Gasteiger partial charge is 0.501 e. The van der Waals surface area contributed by atoms with Crippen LogP contribution in [0.2, 0.25) is 0 Å². The molecule has 0 radical (unpaired) electrons. The zero-order chi connectivity index (χ0) is 19.7. The van der Waals surface area contributed by atoms with Gasteiger partial charge < -0.3 is 5.32 Å². The third-order valence-electron chi connectivity index (χ3n) is 3.93. The van der Waals surface area contributed by atoms with Crippen molar-refractivity contribution in [1.29, 1.82) is 0 Å². The zero-order valence-corrected chi connectivity index (χ0v) is 15.1. The van der Waals surface area contributed by atoms with Gasteiger partial charge in [0.15, 0.2) is 0 Å². The highest BCUT2D eigenvalue weighted by Crippen LogP contribution is 2.34. The minimum Gasteiger partial charge on any atom is -0.380 e. The molecule has 9 heteroatoms. The van der Waals surface area contributed by atoms with Crippen LogP contribution in [0.3, 0.4) is 0 Å². The molecule has 0 bridgehead atoms. The number of nitrogens with zero attached hydrogens (tertiary/aromatic N) is 2. The minimum absolute atomic E-state index is 0.0957. The molecule has 1 aromatic heterocycles. The molecule has 0 aliphatic carbocycles. The molecule has 1 N–H and O–H groups in total. The van der Waals surface area contributed by atoms with Crippen LogP contribution in [-0.4, -0.2) is 23.7 Å². The van der Waals surface area contributed by atoms with E-state index in [1.54, 1.807) is 24.0 Å². The van der Waals surface area contributed by atoms with Gasteiger partial charge in [-0.15, -0.1) is 0 Å². The normalized spacial score (nSPS) is 12.1. The number of rotatable bonds is 5. The van der Waals surface area contributed by atoms with Crippen molar-refractivity contribution >= 4 is 15.5 Å². The van der Waals surface area contributed by atoms with Gasteiger partial charge in [0.2, 0.25) is 0 Å². The molecule has 5 nitrogen and oxygen atoms in total. The number of benzene rings is 2. The molecule has 0 saturated heterocycles. The number of sulfone groups is 1. The van der Waals surface area contributed by atoms with Crippen LogP contribution in [0.5, 0.6) is 0 Å². The van der Waals surface area contributed by atoms with Crippen LogP contribution in [0.4, 0.5) is 18.9 Å². The number of hydrogen-bond acceptors (Lipinski definition) is 4. The van der Waals surface area contributed by atoms with Crippen LogP contribution in [0, 0.1) is 0 Å². The van der Waals surface area contributed by atoms with Crippen molar-refractivity contribution < 1.29 is 21.6 Å². The molecule has 3 rings (SSSR count). The monoisotopic (exact) mass is 395 g/mol. The minimum atomic E-state index is -5.43. The van der Waals surface area contributed by atoms with E-state index in [0.29, 0.717) is 0 Å². The summed E-state index contributed by atoms with van der Waals surface area (Å²) in [6.45, 7) is 0.165. The van der Waals surface area contributed by atoms with E-state index in [2.05, 4.69) is 10.4 Å². The van der Waals surface area contributed by atoms with Crippen molar-refractivity contribution in [2.75, 3.05) is 5.32 Å². The Kier molecular flexibility index (Phi) is 4.97. The average molecular weight is 395 g/mol. The number of aromatic nitrogens is 2. The molecule has 3 aromatic rings. The number of halogens is 3. The summed E-state index contributed by atoms with van der Waals surface area (Å²) >= 11 is 0. The number of nitrogens with one attached hydrogen (secondary N) is 1. The van der Waals surface area contributed by atoms with Crippen molar-refractivity contribution in [2.24, 2.45) is 7.05 Å². The molecule has 0 aliphatic heterocycles. The molecular formula is C18H16F3N3O2S. The molecular weight excluding hydrogens is 379 g/mol. The second kappa shape index (κ2) is 7.07. The van der Waals surface area contributed by atoms with Gasteiger partial charge in [0.1, 0.15) is 0 Å². The first-order valence-electron chi connectivity index (χ1n) is 7.91. The fourth-order valence-corrected chi connectivity index (χ4v) is 3.54. The van der Waals surface area contributed by atoms with Gasteiger partial charge in [0.05, 0.1) is 16.8 Å². The second-order valence-corrected chi connectivity index (χ2v) is 7.81. The van der Waals surface area contributed by atoms with Crippen LogP contribution in [-0.2, 0) is 23.4 Å². The molecule has 2 aromatic carbocycles. The van der Waals surface area contributed by atoms with Gasteiger partial charge in [0, 0.05) is 25.4 Å². The Morgan fingerprint density at radius 1 is 1.07 bits per heavy atom. The number of anilines is 1. The Hall–Kier alpha value is -2.81. The van der Waals surface area contributed by atoms with Crippen LogP contribution >= 0.6 is 0 Å². The maximum absolute atomic E-state index is 12.9. The van der Waals surface area contributed by atoms with Crippen molar-refractivity contribution in [1.82, 2.24) is 9.78 Å². The first kappa shape index (κ1) is 19.0. The SMILES string of the molecule is Cn1cc(-c2cccc(CNc3ccccc3S(=O)(=O)C(F)(F)F)c2)cn1. The molecule has 0 amide bonds. The summed E-state index contributed by atoms with van der Waals surface area (Å²) in [6, 6.07) is 12.4. The highest BCUT2D eigenvalue weighted by atomic mass is 32.2. The summed E-state index contributed by atoms with van der Waals surface area (Å²) < 4.78 is 63.8. The highest BCUT2D eigenvalue weighted by molar-refractivity contribution is 7.92. The Labute approximate surface area is 154 Å². The van der Waals surface area contributed by atoms with Crippen LogP contribution in [0.15, 0.2) is 65.8 Å². The lowest BCUT2D eigenvalue weighted by Gasteiger charge is -2.14.